The second-order valence-electron chi connectivity index (χ2n) is 5.73. The predicted molar refractivity (Wildman–Crippen MR) is 84.0 cm³/mol. The van der Waals surface area contributed by atoms with Crippen molar-refractivity contribution in [2.75, 3.05) is 33.9 Å². The molecule has 1 amide bonds. The Hall–Kier alpha value is -1.59. The molecule has 1 fully saturated rings. The number of hydrogen-bond acceptors (Lipinski definition) is 4. The summed E-state index contributed by atoms with van der Waals surface area (Å²) >= 11 is 0. The molecular weight excluding hydrogens is 282 g/mol. The van der Waals surface area contributed by atoms with Crippen LogP contribution >= 0.6 is 0 Å². The molecule has 122 valence electrons. The standard InChI is InChI=1S/C17H25NO4/c1-13-5-6-15(11-14(13)2)22-12-16(19)18-9-7-17(20-3,21-4)8-10-18/h5-6,11H,7-10,12H2,1-4H3. The van der Waals surface area contributed by atoms with Gasteiger partial charge in [-0.1, -0.05) is 6.07 Å². The molecule has 2 rings (SSSR count). The first kappa shape index (κ1) is 16.8. The quantitative estimate of drug-likeness (QED) is 0.783. The second kappa shape index (κ2) is 7.11. The van der Waals surface area contributed by atoms with Gasteiger partial charge in [0.05, 0.1) is 0 Å². The Kier molecular flexibility index (Phi) is 5.42. The molecule has 1 aliphatic heterocycles. The minimum atomic E-state index is -0.550. The van der Waals surface area contributed by atoms with Crippen molar-refractivity contribution in [3.8, 4) is 5.75 Å². The lowest BCUT2D eigenvalue weighted by atomic mass is 10.0. The maximum Gasteiger partial charge on any atom is 0.260 e. The maximum absolute atomic E-state index is 12.2. The van der Waals surface area contributed by atoms with Crippen molar-refractivity contribution in [1.29, 1.82) is 0 Å². The lowest BCUT2D eigenvalue weighted by Gasteiger charge is -2.39. The van der Waals surface area contributed by atoms with Crippen molar-refractivity contribution >= 4 is 5.91 Å². The molecule has 5 nitrogen and oxygen atoms in total. The van der Waals surface area contributed by atoms with Crippen LogP contribution in [0.4, 0.5) is 0 Å². The Morgan fingerprint density at radius 3 is 2.32 bits per heavy atom. The smallest absolute Gasteiger partial charge is 0.260 e. The summed E-state index contributed by atoms with van der Waals surface area (Å²) in [7, 11) is 3.29. The first-order chi connectivity index (χ1) is 10.5. The average Bonchev–Trinajstić information content (AvgIpc) is 2.55. The molecule has 1 aromatic carbocycles. The molecule has 0 bridgehead atoms. The van der Waals surface area contributed by atoms with E-state index in [1.807, 2.05) is 25.1 Å². The minimum absolute atomic E-state index is 0.000894. The zero-order valence-electron chi connectivity index (χ0n) is 13.8. The Morgan fingerprint density at radius 2 is 1.77 bits per heavy atom. The van der Waals surface area contributed by atoms with Gasteiger partial charge in [0.15, 0.2) is 12.4 Å². The molecule has 5 heteroatoms. The van der Waals surface area contributed by atoms with Crippen LogP contribution in [0.15, 0.2) is 18.2 Å². The Morgan fingerprint density at radius 1 is 1.14 bits per heavy atom. The van der Waals surface area contributed by atoms with Crippen LogP contribution in [-0.2, 0) is 14.3 Å². The highest BCUT2D eigenvalue weighted by atomic mass is 16.7. The SMILES string of the molecule is COC1(OC)CCN(C(=O)COc2ccc(C)c(C)c2)CC1. The van der Waals surface area contributed by atoms with E-state index in [0.29, 0.717) is 25.9 Å². The number of likely N-dealkylation sites (tertiary alicyclic amines) is 1. The van der Waals surface area contributed by atoms with Crippen molar-refractivity contribution in [2.45, 2.75) is 32.5 Å². The topological polar surface area (TPSA) is 48.0 Å². The number of aryl methyl sites for hydroxylation is 2. The van der Waals surface area contributed by atoms with E-state index in [-0.39, 0.29) is 12.5 Å². The van der Waals surface area contributed by atoms with E-state index in [1.54, 1.807) is 19.1 Å². The van der Waals surface area contributed by atoms with Crippen molar-refractivity contribution < 1.29 is 19.0 Å². The molecule has 1 saturated heterocycles. The van der Waals surface area contributed by atoms with E-state index in [2.05, 4.69) is 6.92 Å². The van der Waals surface area contributed by atoms with Crippen LogP contribution in [0.1, 0.15) is 24.0 Å². The number of carbonyl (C=O) groups excluding carboxylic acids is 1. The predicted octanol–water partition coefficient (Wildman–Crippen LogP) is 2.29. The molecule has 0 unspecified atom stereocenters. The van der Waals surface area contributed by atoms with Gasteiger partial charge in [-0.25, -0.2) is 0 Å². The zero-order chi connectivity index (χ0) is 16.2. The van der Waals surface area contributed by atoms with Crippen molar-refractivity contribution in [1.82, 2.24) is 4.90 Å². The molecule has 0 aromatic heterocycles. The van der Waals surface area contributed by atoms with Crippen LogP contribution in [0.3, 0.4) is 0 Å². The molecular formula is C17H25NO4. The molecule has 1 aromatic rings. The fourth-order valence-corrected chi connectivity index (χ4v) is 2.63. The van der Waals surface area contributed by atoms with Gasteiger partial charge in [0.1, 0.15) is 5.75 Å². The van der Waals surface area contributed by atoms with Gasteiger partial charge in [0, 0.05) is 40.2 Å². The van der Waals surface area contributed by atoms with Crippen molar-refractivity contribution in [3.63, 3.8) is 0 Å². The number of hydrogen-bond donors (Lipinski definition) is 0. The molecule has 0 N–H and O–H groups in total. The first-order valence-corrected chi connectivity index (χ1v) is 7.58. The van der Waals surface area contributed by atoms with E-state index in [0.717, 1.165) is 11.3 Å². The summed E-state index contributed by atoms with van der Waals surface area (Å²) in [5, 5.41) is 0. The zero-order valence-corrected chi connectivity index (χ0v) is 13.8. The van der Waals surface area contributed by atoms with Gasteiger partial charge in [-0.3, -0.25) is 4.79 Å². The summed E-state index contributed by atoms with van der Waals surface area (Å²) in [6.45, 7) is 5.39. The average molecular weight is 307 g/mol. The number of ether oxygens (including phenoxy) is 3. The highest BCUT2D eigenvalue weighted by molar-refractivity contribution is 5.77. The third-order valence-corrected chi connectivity index (χ3v) is 4.46. The third kappa shape index (κ3) is 3.78. The van der Waals surface area contributed by atoms with E-state index >= 15 is 0 Å². The first-order valence-electron chi connectivity index (χ1n) is 7.58. The van der Waals surface area contributed by atoms with E-state index in [4.69, 9.17) is 14.2 Å². The third-order valence-electron chi connectivity index (χ3n) is 4.46. The highest BCUT2D eigenvalue weighted by Gasteiger charge is 2.35. The van der Waals surface area contributed by atoms with Crippen molar-refractivity contribution in [3.05, 3.63) is 29.3 Å². The monoisotopic (exact) mass is 307 g/mol. The molecule has 0 aliphatic carbocycles. The van der Waals surface area contributed by atoms with Gasteiger partial charge in [-0.15, -0.1) is 0 Å². The largest absolute Gasteiger partial charge is 0.484 e. The summed E-state index contributed by atoms with van der Waals surface area (Å²) in [6, 6.07) is 5.86. The Bertz CT molecular complexity index is 515. The Labute approximate surface area is 132 Å². The van der Waals surface area contributed by atoms with Crippen molar-refractivity contribution in [2.24, 2.45) is 0 Å². The van der Waals surface area contributed by atoms with Gasteiger partial charge in [0.25, 0.3) is 5.91 Å². The lowest BCUT2D eigenvalue weighted by Crippen LogP contribution is -2.49. The summed E-state index contributed by atoms with van der Waals surface area (Å²) in [5.74, 6) is 0.182. The summed E-state index contributed by atoms with van der Waals surface area (Å²) in [4.78, 5) is 14.0. The van der Waals surface area contributed by atoms with Crippen LogP contribution in [0, 0.1) is 13.8 Å². The van der Waals surface area contributed by atoms with Crippen LogP contribution in [0.25, 0.3) is 0 Å². The van der Waals surface area contributed by atoms with Crippen LogP contribution in [0.2, 0.25) is 0 Å². The number of amides is 1. The number of carbonyl (C=O) groups is 1. The van der Waals surface area contributed by atoms with Gasteiger partial charge in [0.2, 0.25) is 0 Å². The minimum Gasteiger partial charge on any atom is -0.484 e. The van der Waals surface area contributed by atoms with Gasteiger partial charge in [-0.05, 0) is 37.1 Å². The molecule has 22 heavy (non-hydrogen) atoms. The number of piperidine rings is 1. The van der Waals surface area contributed by atoms with Gasteiger partial charge < -0.3 is 19.1 Å². The molecule has 0 saturated carbocycles. The lowest BCUT2D eigenvalue weighted by molar-refractivity contribution is -0.228. The number of rotatable bonds is 5. The number of benzene rings is 1. The van der Waals surface area contributed by atoms with E-state index in [9.17, 15) is 4.79 Å². The van der Waals surface area contributed by atoms with Gasteiger partial charge in [-0.2, -0.15) is 0 Å². The summed E-state index contributed by atoms with van der Waals surface area (Å²) < 4.78 is 16.4. The fourth-order valence-electron chi connectivity index (χ4n) is 2.63. The van der Waals surface area contributed by atoms with Crippen LogP contribution in [0.5, 0.6) is 5.75 Å². The number of methoxy groups -OCH3 is 2. The van der Waals surface area contributed by atoms with Gasteiger partial charge >= 0.3 is 0 Å². The molecule has 0 spiro atoms. The fraction of sp³-hybridized carbons (Fsp3) is 0.588. The highest BCUT2D eigenvalue weighted by Crippen LogP contribution is 2.26. The molecule has 1 heterocycles. The Balaban J connectivity index is 1.84. The van der Waals surface area contributed by atoms with E-state index in [1.165, 1.54) is 5.56 Å². The molecule has 0 atom stereocenters. The summed E-state index contributed by atoms with van der Waals surface area (Å²) in [6.07, 6.45) is 1.35. The second-order valence-corrected chi connectivity index (χ2v) is 5.73. The normalized spacial score (nSPS) is 17.4. The van der Waals surface area contributed by atoms with Crippen LogP contribution in [-0.4, -0.2) is 50.5 Å². The molecule has 1 aliphatic rings. The van der Waals surface area contributed by atoms with E-state index < -0.39 is 5.79 Å². The maximum atomic E-state index is 12.2. The molecule has 0 radical (unpaired) electrons. The number of nitrogens with zero attached hydrogens (tertiary/aromatic N) is 1. The summed E-state index contributed by atoms with van der Waals surface area (Å²) in [5.41, 5.74) is 2.37. The van der Waals surface area contributed by atoms with Crippen LogP contribution < -0.4 is 4.74 Å².